The van der Waals surface area contributed by atoms with Crippen LogP contribution in [0.15, 0.2) is 42.5 Å². The monoisotopic (exact) mass is 464 g/mol. The van der Waals surface area contributed by atoms with Gasteiger partial charge in [0.2, 0.25) is 5.60 Å². The summed E-state index contributed by atoms with van der Waals surface area (Å²) in [6.45, 7) is 10.6. The van der Waals surface area contributed by atoms with E-state index in [-0.39, 0.29) is 0 Å². The molecule has 2 aromatic rings. The summed E-state index contributed by atoms with van der Waals surface area (Å²) in [4.78, 5) is 20.1. The summed E-state index contributed by atoms with van der Waals surface area (Å²) in [6, 6.07) is 14.5. The molecule has 7 heteroatoms. The summed E-state index contributed by atoms with van der Waals surface area (Å²) in [6.07, 6.45) is 2.47. The van der Waals surface area contributed by atoms with Crippen molar-refractivity contribution in [2.45, 2.75) is 31.8 Å². The molecule has 1 atom stereocenters. The Balaban J connectivity index is 1.41. The second kappa shape index (κ2) is 9.84. The number of aryl methyl sites for hydroxylation is 1. The highest BCUT2D eigenvalue weighted by Crippen LogP contribution is 2.45. The van der Waals surface area contributed by atoms with Gasteiger partial charge in [-0.2, -0.15) is 0 Å². The molecule has 182 valence electrons. The number of carbonyl (C=O) groups is 1. The van der Waals surface area contributed by atoms with Crippen LogP contribution >= 0.6 is 0 Å². The quantitative estimate of drug-likeness (QED) is 0.709. The number of nitrogens with two attached hydrogens (primary N) is 1. The zero-order valence-electron chi connectivity index (χ0n) is 20.2. The van der Waals surface area contributed by atoms with Crippen LogP contribution in [0.1, 0.15) is 30.9 Å². The molecular formula is C27H36N4O3. The predicted molar refractivity (Wildman–Crippen MR) is 135 cm³/mol. The van der Waals surface area contributed by atoms with Crippen molar-refractivity contribution < 1.29 is 14.3 Å². The number of rotatable bonds is 6. The van der Waals surface area contributed by atoms with E-state index in [2.05, 4.69) is 52.0 Å². The third kappa shape index (κ3) is 4.34. The lowest BCUT2D eigenvalue weighted by Crippen LogP contribution is -2.50. The molecule has 0 aliphatic carbocycles. The van der Waals surface area contributed by atoms with E-state index in [0.29, 0.717) is 6.42 Å². The number of para-hydroxylation sites is 1. The largest absolute Gasteiger partial charge is 0.470 e. The first-order chi connectivity index (χ1) is 16.6. The molecule has 7 nitrogen and oxygen atoms in total. The molecule has 1 unspecified atom stereocenters. The molecule has 2 aromatic carbocycles. The van der Waals surface area contributed by atoms with Gasteiger partial charge >= 0.3 is 0 Å². The molecule has 0 saturated carbocycles. The minimum atomic E-state index is -1.16. The Morgan fingerprint density at radius 1 is 0.971 bits per heavy atom. The SMILES string of the molecule is CCCN1CCN(c2cccc3c2OC(C(N)=O)(c2ccc(N4CCOCC4)cc2)CC3)CC1. The second-order valence-corrected chi connectivity index (χ2v) is 9.53. The Hall–Kier alpha value is -2.77. The number of hydrogen-bond acceptors (Lipinski definition) is 6. The third-order valence-electron chi connectivity index (χ3n) is 7.46. The molecule has 5 rings (SSSR count). The number of anilines is 2. The number of fused-ring (bicyclic) bond motifs is 1. The van der Waals surface area contributed by atoms with Crippen LogP contribution in [-0.4, -0.2) is 69.8 Å². The fraction of sp³-hybridized carbons (Fsp3) is 0.519. The van der Waals surface area contributed by atoms with Crippen molar-refractivity contribution in [1.82, 2.24) is 4.90 Å². The third-order valence-corrected chi connectivity index (χ3v) is 7.46. The van der Waals surface area contributed by atoms with Gasteiger partial charge in [-0.15, -0.1) is 0 Å². The van der Waals surface area contributed by atoms with Gasteiger partial charge in [-0.1, -0.05) is 31.2 Å². The zero-order valence-corrected chi connectivity index (χ0v) is 20.2. The Kier molecular flexibility index (Phi) is 6.66. The average Bonchev–Trinajstić information content (AvgIpc) is 2.89. The van der Waals surface area contributed by atoms with Crippen molar-refractivity contribution in [3.63, 3.8) is 0 Å². The molecule has 3 aliphatic heterocycles. The minimum Gasteiger partial charge on any atom is -0.470 e. The Labute approximate surface area is 202 Å². The van der Waals surface area contributed by atoms with Crippen molar-refractivity contribution in [2.24, 2.45) is 5.73 Å². The first-order valence-electron chi connectivity index (χ1n) is 12.6. The molecule has 3 heterocycles. The van der Waals surface area contributed by atoms with Gasteiger partial charge < -0.3 is 25.0 Å². The van der Waals surface area contributed by atoms with Gasteiger partial charge in [-0.25, -0.2) is 0 Å². The number of morpholine rings is 1. The number of ether oxygens (including phenoxy) is 2. The molecule has 0 spiro atoms. The molecule has 3 aliphatic rings. The Morgan fingerprint density at radius 3 is 2.38 bits per heavy atom. The van der Waals surface area contributed by atoms with Gasteiger partial charge in [0.25, 0.3) is 5.91 Å². The maximum Gasteiger partial charge on any atom is 0.266 e. The Morgan fingerprint density at radius 2 is 1.71 bits per heavy atom. The highest BCUT2D eigenvalue weighted by atomic mass is 16.5. The van der Waals surface area contributed by atoms with Gasteiger partial charge in [-0.05, 0) is 43.1 Å². The number of hydrogen-bond donors (Lipinski definition) is 1. The number of piperazine rings is 1. The lowest BCUT2D eigenvalue weighted by molar-refractivity contribution is -0.135. The van der Waals surface area contributed by atoms with E-state index in [9.17, 15) is 4.79 Å². The smallest absolute Gasteiger partial charge is 0.266 e. The average molecular weight is 465 g/mol. The molecule has 34 heavy (non-hydrogen) atoms. The highest BCUT2D eigenvalue weighted by molar-refractivity contribution is 5.86. The second-order valence-electron chi connectivity index (χ2n) is 9.53. The standard InChI is InChI=1S/C27H36N4O3/c1-2-12-29-13-15-31(16-14-29)24-5-3-4-21-10-11-27(26(28)32,34-25(21)24)22-6-8-23(9-7-22)30-17-19-33-20-18-30/h3-9H,2,10-20H2,1H3,(H2,28,32). The van der Waals surface area contributed by atoms with Crippen molar-refractivity contribution in [3.8, 4) is 5.75 Å². The van der Waals surface area contributed by atoms with E-state index in [1.54, 1.807) is 0 Å². The summed E-state index contributed by atoms with van der Waals surface area (Å²) < 4.78 is 12.1. The first-order valence-corrected chi connectivity index (χ1v) is 12.6. The van der Waals surface area contributed by atoms with Crippen molar-refractivity contribution in [2.75, 3.05) is 68.8 Å². The van der Waals surface area contributed by atoms with E-state index < -0.39 is 11.5 Å². The number of benzene rings is 2. The predicted octanol–water partition coefficient (Wildman–Crippen LogP) is 2.76. The van der Waals surface area contributed by atoms with Gasteiger partial charge in [0.05, 0.1) is 18.9 Å². The first kappa shape index (κ1) is 23.0. The van der Waals surface area contributed by atoms with Crippen LogP contribution in [0, 0.1) is 0 Å². The highest BCUT2D eigenvalue weighted by Gasteiger charge is 2.45. The van der Waals surface area contributed by atoms with Crippen LogP contribution in [0.2, 0.25) is 0 Å². The fourth-order valence-electron chi connectivity index (χ4n) is 5.48. The fourth-order valence-corrected chi connectivity index (χ4v) is 5.48. The lowest BCUT2D eigenvalue weighted by Gasteiger charge is -2.41. The topological polar surface area (TPSA) is 71.3 Å². The van der Waals surface area contributed by atoms with E-state index >= 15 is 0 Å². The van der Waals surface area contributed by atoms with E-state index in [1.807, 2.05) is 12.1 Å². The van der Waals surface area contributed by atoms with E-state index in [4.69, 9.17) is 15.2 Å². The van der Waals surface area contributed by atoms with Crippen LogP contribution < -0.4 is 20.3 Å². The molecule has 0 aromatic heterocycles. The molecule has 2 fully saturated rings. The molecule has 0 radical (unpaired) electrons. The molecular weight excluding hydrogens is 428 g/mol. The van der Waals surface area contributed by atoms with Crippen LogP contribution in [-0.2, 0) is 21.6 Å². The van der Waals surface area contributed by atoms with Crippen LogP contribution in [0.3, 0.4) is 0 Å². The molecule has 0 bridgehead atoms. The van der Waals surface area contributed by atoms with E-state index in [0.717, 1.165) is 93.7 Å². The molecule has 1 amide bonds. The number of nitrogens with zero attached hydrogens (tertiary/aromatic N) is 3. The number of carbonyl (C=O) groups excluding carboxylic acids is 1. The Bertz CT molecular complexity index is 997. The maximum atomic E-state index is 12.9. The summed E-state index contributed by atoms with van der Waals surface area (Å²) in [7, 11) is 0. The van der Waals surface area contributed by atoms with Crippen molar-refractivity contribution in [3.05, 3.63) is 53.6 Å². The number of primary amides is 1. The lowest BCUT2D eigenvalue weighted by atomic mass is 9.83. The molecule has 2 N–H and O–H groups in total. The van der Waals surface area contributed by atoms with Gasteiger partial charge in [0.1, 0.15) is 5.75 Å². The minimum absolute atomic E-state index is 0.431. The van der Waals surface area contributed by atoms with Crippen LogP contribution in [0.25, 0.3) is 0 Å². The summed E-state index contributed by atoms with van der Waals surface area (Å²) in [5, 5.41) is 0. The summed E-state index contributed by atoms with van der Waals surface area (Å²) >= 11 is 0. The maximum absolute atomic E-state index is 12.9. The van der Waals surface area contributed by atoms with Crippen LogP contribution in [0.5, 0.6) is 5.75 Å². The van der Waals surface area contributed by atoms with Gasteiger partial charge in [-0.3, -0.25) is 9.69 Å². The van der Waals surface area contributed by atoms with Gasteiger partial charge in [0.15, 0.2) is 0 Å². The van der Waals surface area contributed by atoms with Crippen LogP contribution in [0.4, 0.5) is 11.4 Å². The summed E-state index contributed by atoms with van der Waals surface area (Å²) in [5.41, 5.74) is 9.06. The number of amides is 1. The van der Waals surface area contributed by atoms with E-state index in [1.165, 1.54) is 6.42 Å². The molecule has 2 saturated heterocycles. The summed E-state index contributed by atoms with van der Waals surface area (Å²) in [5.74, 6) is 0.383. The zero-order chi connectivity index (χ0) is 23.5. The normalized spacial score (nSPS) is 23.3. The van der Waals surface area contributed by atoms with Crippen molar-refractivity contribution in [1.29, 1.82) is 0 Å². The van der Waals surface area contributed by atoms with Crippen molar-refractivity contribution >= 4 is 17.3 Å². The van der Waals surface area contributed by atoms with Gasteiger partial charge in [0, 0.05) is 56.9 Å².